The predicted molar refractivity (Wildman–Crippen MR) is 76.5 cm³/mol. The highest BCUT2D eigenvalue weighted by Crippen LogP contribution is 2.18. The van der Waals surface area contributed by atoms with E-state index in [1.165, 1.54) is 0 Å². The van der Waals surface area contributed by atoms with E-state index in [4.69, 9.17) is 4.74 Å². The van der Waals surface area contributed by atoms with E-state index in [1.807, 2.05) is 13.8 Å². The Kier molecular flexibility index (Phi) is 4.52. The molecule has 0 unspecified atom stereocenters. The van der Waals surface area contributed by atoms with Crippen molar-refractivity contribution in [3.63, 3.8) is 0 Å². The summed E-state index contributed by atoms with van der Waals surface area (Å²) >= 11 is 0. The van der Waals surface area contributed by atoms with Crippen LogP contribution in [0.5, 0.6) is 5.75 Å². The molecule has 110 valence electrons. The summed E-state index contributed by atoms with van der Waals surface area (Å²) in [6.07, 6.45) is 0.0334. The molecule has 0 radical (unpaired) electrons. The largest absolute Gasteiger partial charge is 0.491 e. The Hall–Kier alpha value is -2.43. The first-order valence-electron chi connectivity index (χ1n) is 6.49. The predicted octanol–water partition coefficient (Wildman–Crippen LogP) is 4.00. The minimum absolute atomic E-state index is 0.0334. The molecular formula is C16H15F2NO2. The summed E-state index contributed by atoms with van der Waals surface area (Å²) < 4.78 is 32.0. The van der Waals surface area contributed by atoms with Gasteiger partial charge in [-0.25, -0.2) is 8.78 Å². The van der Waals surface area contributed by atoms with Crippen LogP contribution in [0.4, 0.5) is 14.5 Å². The summed E-state index contributed by atoms with van der Waals surface area (Å²) in [4.78, 5) is 12.0. The fourth-order valence-electron chi connectivity index (χ4n) is 1.74. The fourth-order valence-corrected chi connectivity index (χ4v) is 1.74. The Bertz CT molecular complexity index is 639. The van der Waals surface area contributed by atoms with Crippen molar-refractivity contribution in [2.75, 3.05) is 5.32 Å². The number of carbonyl (C=O) groups excluding carboxylic acids is 1. The summed E-state index contributed by atoms with van der Waals surface area (Å²) in [5, 5.41) is 2.33. The Morgan fingerprint density at radius 3 is 2.38 bits per heavy atom. The third-order valence-electron chi connectivity index (χ3n) is 2.66. The molecule has 0 aliphatic rings. The number of nitrogens with one attached hydrogen (secondary N) is 1. The molecule has 0 bridgehead atoms. The van der Waals surface area contributed by atoms with Crippen LogP contribution in [0.1, 0.15) is 24.2 Å². The maximum Gasteiger partial charge on any atom is 0.255 e. The zero-order valence-corrected chi connectivity index (χ0v) is 11.7. The van der Waals surface area contributed by atoms with Crippen molar-refractivity contribution in [2.24, 2.45) is 0 Å². The topological polar surface area (TPSA) is 38.3 Å². The number of amides is 1. The van der Waals surface area contributed by atoms with E-state index in [0.29, 0.717) is 11.3 Å². The van der Waals surface area contributed by atoms with Crippen molar-refractivity contribution in [3.05, 3.63) is 59.7 Å². The van der Waals surface area contributed by atoms with Gasteiger partial charge in [0.1, 0.15) is 17.4 Å². The van der Waals surface area contributed by atoms with Gasteiger partial charge in [0.25, 0.3) is 5.91 Å². The van der Waals surface area contributed by atoms with E-state index in [9.17, 15) is 13.6 Å². The Morgan fingerprint density at radius 2 is 1.76 bits per heavy atom. The van der Waals surface area contributed by atoms with Crippen LogP contribution in [0.25, 0.3) is 0 Å². The summed E-state index contributed by atoms with van der Waals surface area (Å²) in [5.74, 6) is -1.19. The highest BCUT2D eigenvalue weighted by molar-refractivity contribution is 6.04. The van der Waals surface area contributed by atoms with Crippen molar-refractivity contribution < 1.29 is 18.3 Å². The number of benzene rings is 2. The second-order valence-electron chi connectivity index (χ2n) is 4.77. The molecule has 3 nitrogen and oxygen atoms in total. The SMILES string of the molecule is CC(C)Oc1ccc(C(=O)Nc2cc(F)ccc2F)cc1. The van der Waals surface area contributed by atoms with E-state index in [2.05, 4.69) is 5.32 Å². The van der Waals surface area contributed by atoms with Crippen LogP contribution in [0.3, 0.4) is 0 Å². The molecule has 0 aliphatic carbocycles. The minimum atomic E-state index is -0.690. The van der Waals surface area contributed by atoms with Crippen LogP contribution >= 0.6 is 0 Å². The summed E-state index contributed by atoms with van der Waals surface area (Å²) in [7, 11) is 0. The zero-order chi connectivity index (χ0) is 15.4. The quantitative estimate of drug-likeness (QED) is 0.924. The first kappa shape index (κ1) is 15.0. The molecule has 1 amide bonds. The lowest BCUT2D eigenvalue weighted by Crippen LogP contribution is -2.13. The van der Waals surface area contributed by atoms with Crippen LogP contribution in [-0.4, -0.2) is 12.0 Å². The summed E-state index contributed by atoms with van der Waals surface area (Å²) in [6.45, 7) is 3.79. The maximum absolute atomic E-state index is 13.5. The van der Waals surface area contributed by atoms with Gasteiger partial charge in [-0.15, -0.1) is 0 Å². The van der Waals surface area contributed by atoms with Crippen LogP contribution in [0.15, 0.2) is 42.5 Å². The molecule has 2 rings (SSSR count). The van der Waals surface area contributed by atoms with E-state index in [-0.39, 0.29) is 11.8 Å². The van der Waals surface area contributed by atoms with Crippen LogP contribution in [-0.2, 0) is 0 Å². The van der Waals surface area contributed by atoms with E-state index < -0.39 is 17.5 Å². The second-order valence-corrected chi connectivity index (χ2v) is 4.77. The second kappa shape index (κ2) is 6.35. The van der Waals surface area contributed by atoms with Gasteiger partial charge in [0.2, 0.25) is 0 Å². The molecule has 1 N–H and O–H groups in total. The number of anilines is 1. The van der Waals surface area contributed by atoms with Gasteiger partial charge in [-0.3, -0.25) is 4.79 Å². The van der Waals surface area contributed by atoms with Crippen molar-refractivity contribution >= 4 is 11.6 Å². The molecule has 0 atom stereocenters. The van der Waals surface area contributed by atoms with Gasteiger partial charge in [0.05, 0.1) is 11.8 Å². The standard InChI is InChI=1S/C16H15F2NO2/c1-10(2)21-13-6-3-11(4-7-13)16(20)19-15-9-12(17)5-8-14(15)18/h3-10H,1-2H3,(H,19,20). The molecule has 0 aromatic heterocycles. The van der Waals surface area contributed by atoms with E-state index >= 15 is 0 Å². The van der Waals surface area contributed by atoms with Crippen LogP contribution < -0.4 is 10.1 Å². The molecule has 0 heterocycles. The summed E-state index contributed by atoms with van der Waals surface area (Å²) in [6, 6.07) is 9.30. The Balaban J connectivity index is 2.11. The van der Waals surface area contributed by atoms with Crippen molar-refractivity contribution in [1.82, 2.24) is 0 Å². The van der Waals surface area contributed by atoms with Gasteiger partial charge in [0.15, 0.2) is 0 Å². The van der Waals surface area contributed by atoms with Gasteiger partial charge < -0.3 is 10.1 Å². The number of ether oxygens (including phenoxy) is 1. The lowest BCUT2D eigenvalue weighted by molar-refractivity contribution is 0.102. The number of hydrogen-bond donors (Lipinski definition) is 1. The maximum atomic E-state index is 13.5. The number of rotatable bonds is 4. The molecule has 0 aliphatic heterocycles. The molecule has 0 fully saturated rings. The van der Waals surface area contributed by atoms with Crippen LogP contribution in [0, 0.1) is 11.6 Å². The lowest BCUT2D eigenvalue weighted by Gasteiger charge is -2.10. The molecule has 21 heavy (non-hydrogen) atoms. The smallest absolute Gasteiger partial charge is 0.255 e. The molecule has 0 saturated carbocycles. The molecule has 5 heteroatoms. The molecule has 0 saturated heterocycles. The van der Waals surface area contributed by atoms with Gasteiger partial charge in [-0.05, 0) is 50.2 Å². The highest BCUT2D eigenvalue weighted by Gasteiger charge is 2.10. The molecular weight excluding hydrogens is 276 g/mol. The third kappa shape index (κ3) is 4.02. The fraction of sp³-hybridized carbons (Fsp3) is 0.188. The van der Waals surface area contributed by atoms with Gasteiger partial charge in [-0.1, -0.05) is 0 Å². The Morgan fingerprint density at radius 1 is 1.10 bits per heavy atom. The van der Waals surface area contributed by atoms with Crippen molar-refractivity contribution in [3.8, 4) is 5.75 Å². The average molecular weight is 291 g/mol. The average Bonchev–Trinajstić information content (AvgIpc) is 2.43. The lowest BCUT2D eigenvalue weighted by atomic mass is 10.2. The van der Waals surface area contributed by atoms with Gasteiger partial charge in [-0.2, -0.15) is 0 Å². The van der Waals surface area contributed by atoms with Crippen molar-refractivity contribution in [2.45, 2.75) is 20.0 Å². The number of hydrogen-bond acceptors (Lipinski definition) is 2. The first-order chi connectivity index (χ1) is 9.95. The Labute approximate surface area is 121 Å². The molecule has 2 aromatic rings. The van der Waals surface area contributed by atoms with Gasteiger partial charge in [0, 0.05) is 11.6 Å². The number of halogens is 2. The van der Waals surface area contributed by atoms with Crippen LogP contribution in [0.2, 0.25) is 0 Å². The third-order valence-corrected chi connectivity index (χ3v) is 2.66. The van der Waals surface area contributed by atoms with Gasteiger partial charge >= 0.3 is 0 Å². The van der Waals surface area contributed by atoms with Crippen molar-refractivity contribution in [1.29, 1.82) is 0 Å². The highest BCUT2D eigenvalue weighted by atomic mass is 19.1. The zero-order valence-electron chi connectivity index (χ0n) is 11.7. The minimum Gasteiger partial charge on any atom is -0.491 e. The summed E-state index contributed by atoms with van der Waals surface area (Å²) in [5.41, 5.74) is 0.136. The monoisotopic (exact) mass is 291 g/mol. The van der Waals surface area contributed by atoms with E-state index in [0.717, 1.165) is 18.2 Å². The van der Waals surface area contributed by atoms with E-state index in [1.54, 1.807) is 24.3 Å². The molecule has 0 spiro atoms. The first-order valence-corrected chi connectivity index (χ1v) is 6.49. The number of carbonyl (C=O) groups is 1. The molecule has 2 aromatic carbocycles. The normalized spacial score (nSPS) is 10.5.